The lowest BCUT2D eigenvalue weighted by Crippen LogP contribution is -2.33. The number of hydrogen-bond acceptors (Lipinski definition) is 3. The highest BCUT2D eigenvalue weighted by molar-refractivity contribution is 5.33. The molecule has 0 amide bonds. The van der Waals surface area contributed by atoms with E-state index in [2.05, 4.69) is 54.5 Å². The molecule has 0 spiro atoms. The summed E-state index contributed by atoms with van der Waals surface area (Å²) < 4.78 is 2.02. The predicted octanol–water partition coefficient (Wildman–Crippen LogP) is 2.47. The van der Waals surface area contributed by atoms with Crippen LogP contribution in [0.2, 0.25) is 0 Å². The zero-order chi connectivity index (χ0) is 14.4. The molecule has 0 saturated carbocycles. The van der Waals surface area contributed by atoms with Gasteiger partial charge in [-0.25, -0.2) is 4.68 Å². The third kappa shape index (κ3) is 3.68. The van der Waals surface area contributed by atoms with E-state index in [0.29, 0.717) is 0 Å². The Balaban J connectivity index is 2.27. The fourth-order valence-electron chi connectivity index (χ4n) is 2.31. The third-order valence-corrected chi connectivity index (χ3v) is 3.22. The quantitative estimate of drug-likeness (QED) is 0.840. The average molecular weight is 272 g/mol. The fraction of sp³-hybridized carbons (Fsp3) is 0.438. The molecular formula is C16H24N4. The van der Waals surface area contributed by atoms with Crippen molar-refractivity contribution in [1.82, 2.24) is 20.0 Å². The number of aromatic nitrogens is 2. The first kappa shape index (κ1) is 14.8. The van der Waals surface area contributed by atoms with E-state index in [1.54, 1.807) is 0 Å². The van der Waals surface area contributed by atoms with Crippen LogP contribution in [0.25, 0.3) is 5.69 Å². The molecule has 0 saturated heterocycles. The van der Waals surface area contributed by atoms with Crippen molar-refractivity contribution >= 4 is 0 Å². The van der Waals surface area contributed by atoms with Gasteiger partial charge in [0.1, 0.15) is 0 Å². The van der Waals surface area contributed by atoms with E-state index >= 15 is 0 Å². The molecule has 4 heteroatoms. The van der Waals surface area contributed by atoms with Crippen molar-refractivity contribution in [3.8, 4) is 5.69 Å². The topological polar surface area (TPSA) is 33.1 Å². The van der Waals surface area contributed by atoms with Gasteiger partial charge < -0.3 is 10.2 Å². The van der Waals surface area contributed by atoms with Crippen LogP contribution in [0.3, 0.4) is 0 Å². The zero-order valence-electron chi connectivity index (χ0n) is 12.6. The van der Waals surface area contributed by atoms with Crippen molar-refractivity contribution in [3.63, 3.8) is 0 Å². The SMILES string of the molecule is CCCNC(CN(C)C)c1ccnn1-c1ccccc1. The van der Waals surface area contributed by atoms with Crippen LogP contribution in [0.15, 0.2) is 42.6 Å². The highest BCUT2D eigenvalue weighted by Crippen LogP contribution is 2.18. The summed E-state index contributed by atoms with van der Waals surface area (Å²) in [7, 11) is 4.20. The van der Waals surface area contributed by atoms with Gasteiger partial charge in [-0.3, -0.25) is 0 Å². The lowest BCUT2D eigenvalue weighted by atomic mass is 10.2. The van der Waals surface area contributed by atoms with Crippen LogP contribution in [0.5, 0.6) is 0 Å². The molecule has 0 aliphatic heterocycles. The van der Waals surface area contributed by atoms with Gasteiger partial charge in [0.2, 0.25) is 0 Å². The third-order valence-electron chi connectivity index (χ3n) is 3.22. The van der Waals surface area contributed by atoms with E-state index in [4.69, 9.17) is 0 Å². The van der Waals surface area contributed by atoms with Crippen molar-refractivity contribution in [1.29, 1.82) is 0 Å². The van der Waals surface area contributed by atoms with E-state index in [9.17, 15) is 0 Å². The van der Waals surface area contributed by atoms with Gasteiger partial charge in [0.15, 0.2) is 0 Å². The maximum absolute atomic E-state index is 4.48. The first-order chi connectivity index (χ1) is 9.72. The smallest absolute Gasteiger partial charge is 0.0649 e. The Kier molecular flexibility index (Phi) is 5.32. The minimum absolute atomic E-state index is 0.285. The molecule has 4 nitrogen and oxygen atoms in total. The lowest BCUT2D eigenvalue weighted by molar-refractivity contribution is 0.335. The van der Waals surface area contributed by atoms with Crippen molar-refractivity contribution in [2.75, 3.05) is 27.2 Å². The number of nitrogens with one attached hydrogen (secondary N) is 1. The van der Waals surface area contributed by atoms with Gasteiger partial charge >= 0.3 is 0 Å². The molecule has 0 aliphatic rings. The molecule has 0 fully saturated rings. The summed E-state index contributed by atoms with van der Waals surface area (Å²) >= 11 is 0. The molecule has 20 heavy (non-hydrogen) atoms. The maximum Gasteiger partial charge on any atom is 0.0649 e. The Morgan fingerprint density at radius 3 is 2.60 bits per heavy atom. The van der Waals surface area contributed by atoms with Crippen LogP contribution in [0.4, 0.5) is 0 Å². The molecule has 0 radical (unpaired) electrons. The summed E-state index contributed by atoms with van der Waals surface area (Å²) in [6.45, 7) is 4.16. The molecule has 1 unspecified atom stereocenters. The monoisotopic (exact) mass is 272 g/mol. The van der Waals surface area contributed by atoms with Gasteiger partial charge in [-0.05, 0) is 45.3 Å². The van der Waals surface area contributed by atoms with Crippen LogP contribution in [0.1, 0.15) is 25.1 Å². The molecule has 2 aromatic rings. The normalized spacial score (nSPS) is 12.8. The van der Waals surface area contributed by atoms with E-state index in [0.717, 1.165) is 25.2 Å². The van der Waals surface area contributed by atoms with Gasteiger partial charge in [-0.1, -0.05) is 25.1 Å². The molecule has 1 atom stereocenters. The number of likely N-dealkylation sites (N-methyl/N-ethyl adjacent to an activating group) is 1. The second-order valence-corrected chi connectivity index (χ2v) is 5.27. The summed E-state index contributed by atoms with van der Waals surface area (Å²) in [5, 5.41) is 8.09. The summed E-state index contributed by atoms with van der Waals surface area (Å²) in [5.41, 5.74) is 2.31. The van der Waals surface area contributed by atoms with Gasteiger partial charge in [0.25, 0.3) is 0 Å². The van der Waals surface area contributed by atoms with Crippen molar-refractivity contribution in [3.05, 3.63) is 48.3 Å². The maximum atomic E-state index is 4.48. The van der Waals surface area contributed by atoms with Crippen molar-refractivity contribution in [2.45, 2.75) is 19.4 Å². The second kappa shape index (κ2) is 7.22. The Morgan fingerprint density at radius 1 is 1.20 bits per heavy atom. The number of para-hydroxylation sites is 1. The highest BCUT2D eigenvalue weighted by Gasteiger charge is 2.17. The minimum atomic E-state index is 0.285. The molecular weight excluding hydrogens is 248 g/mol. The van der Waals surface area contributed by atoms with E-state index in [-0.39, 0.29) is 6.04 Å². The van der Waals surface area contributed by atoms with Crippen LogP contribution in [0, 0.1) is 0 Å². The van der Waals surface area contributed by atoms with E-state index < -0.39 is 0 Å². The Bertz CT molecular complexity index is 504. The molecule has 0 bridgehead atoms. The fourth-order valence-corrected chi connectivity index (χ4v) is 2.31. The van der Waals surface area contributed by atoms with Gasteiger partial charge in [0, 0.05) is 12.7 Å². The van der Waals surface area contributed by atoms with Crippen LogP contribution in [-0.4, -0.2) is 41.9 Å². The average Bonchev–Trinajstić information content (AvgIpc) is 2.93. The predicted molar refractivity (Wildman–Crippen MR) is 83.2 cm³/mol. The number of nitrogens with zero attached hydrogens (tertiary/aromatic N) is 3. The number of rotatable bonds is 7. The number of hydrogen-bond donors (Lipinski definition) is 1. The Hall–Kier alpha value is -1.65. The van der Waals surface area contributed by atoms with Crippen molar-refractivity contribution in [2.24, 2.45) is 0 Å². The van der Waals surface area contributed by atoms with Crippen molar-refractivity contribution < 1.29 is 0 Å². The molecule has 0 aliphatic carbocycles. The van der Waals surface area contributed by atoms with Gasteiger partial charge in [-0.15, -0.1) is 0 Å². The lowest BCUT2D eigenvalue weighted by Gasteiger charge is -2.23. The Morgan fingerprint density at radius 2 is 1.95 bits per heavy atom. The summed E-state index contributed by atoms with van der Waals surface area (Å²) in [6.07, 6.45) is 3.00. The molecule has 1 aromatic heterocycles. The largest absolute Gasteiger partial charge is 0.308 e. The minimum Gasteiger partial charge on any atom is -0.308 e. The molecule has 1 heterocycles. The summed E-state index contributed by atoms with van der Waals surface area (Å²) in [6, 6.07) is 12.7. The Labute approximate surface area is 121 Å². The number of benzene rings is 1. The molecule has 1 N–H and O–H groups in total. The standard InChI is InChI=1S/C16H24N4/c1-4-11-17-15(13-19(2)3)16-10-12-18-20(16)14-8-6-5-7-9-14/h5-10,12,15,17H,4,11,13H2,1-3H3. The van der Waals surface area contributed by atoms with Gasteiger partial charge in [-0.2, -0.15) is 5.10 Å². The summed E-state index contributed by atoms with van der Waals surface area (Å²) in [4.78, 5) is 2.20. The molecule has 1 aromatic carbocycles. The summed E-state index contributed by atoms with van der Waals surface area (Å²) in [5.74, 6) is 0. The van der Waals surface area contributed by atoms with E-state index in [1.165, 1.54) is 5.69 Å². The van der Waals surface area contributed by atoms with Crippen LogP contribution >= 0.6 is 0 Å². The first-order valence-electron chi connectivity index (χ1n) is 7.20. The van der Waals surface area contributed by atoms with Gasteiger partial charge in [0.05, 0.1) is 17.4 Å². The highest BCUT2D eigenvalue weighted by atomic mass is 15.3. The molecule has 2 rings (SSSR count). The second-order valence-electron chi connectivity index (χ2n) is 5.27. The molecule has 108 valence electrons. The van der Waals surface area contributed by atoms with Crippen LogP contribution in [-0.2, 0) is 0 Å². The zero-order valence-corrected chi connectivity index (χ0v) is 12.6. The first-order valence-corrected chi connectivity index (χ1v) is 7.20. The van der Waals surface area contributed by atoms with E-state index in [1.807, 2.05) is 29.1 Å². The van der Waals surface area contributed by atoms with Crippen LogP contribution < -0.4 is 5.32 Å².